The van der Waals surface area contributed by atoms with Crippen LogP contribution >= 0.6 is 0 Å². The normalized spacial score (nSPS) is 15.5. The van der Waals surface area contributed by atoms with Crippen LogP contribution in [0.2, 0.25) is 0 Å². The molecule has 1 aliphatic rings. The molecule has 0 saturated carbocycles. The van der Waals surface area contributed by atoms with E-state index in [2.05, 4.69) is 17.4 Å². The van der Waals surface area contributed by atoms with E-state index in [0.717, 1.165) is 18.4 Å². The highest BCUT2D eigenvalue weighted by atomic mass is 16.2. The van der Waals surface area contributed by atoms with Gasteiger partial charge in [0.25, 0.3) is 0 Å². The molecule has 0 spiro atoms. The van der Waals surface area contributed by atoms with Crippen molar-refractivity contribution in [2.24, 2.45) is 5.73 Å². The Labute approximate surface area is 125 Å². The van der Waals surface area contributed by atoms with Crippen LogP contribution in [0.4, 0.5) is 0 Å². The molecule has 2 aromatic carbocycles. The maximum absolute atomic E-state index is 12.2. The molecule has 3 rings (SSSR count). The first-order valence-electron chi connectivity index (χ1n) is 7.39. The number of nitrogens with two attached hydrogens (primary N) is 1. The lowest BCUT2D eigenvalue weighted by molar-refractivity contribution is -0.123. The average Bonchev–Trinajstić information content (AvgIpc) is 2.90. The summed E-state index contributed by atoms with van der Waals surface area (Å²) in [6.07, 6.45) is 2.38. The van der Waals surface area contributed by atoms with Crippen molar-refractivity contribution in [2.45, 2.75) is 31.3 Å². The molecule has 108 valence electrons. The lowest BCUT2D eigenvalue weighted by Crippen LogP contribution is -2.46. The molecule has 0 bridgehead atoms. The molecular weight excluding hydrogens is 260 g/mol. The summed E-state index contributed by atoms with van der Waals surface area (Å²) in [7, 11) is 0. The van der Waals surface area contributed by atoms with Crippen molar-refractivity contribution in [3.63, 3.8) is 0 Å². The standard InChI is InChI=1S/C18H20N2O/c19-17(10-13-6-2-1-3-7-13)18(21)20-16-11-14-8-4-5-9-15(14)12-16/h1-9,16-17H,10-12,19H2,(H,20,21)/t17-/m0/s1. The van der Waals surface area contributed by atoms with Gasteiger partial charge in [-0.05, 0) is 36.0 Å². The number of amides is 1. The molecule has 0 aromatic heterocycles. The predicted octanol–water partition coefficient (Wildman–Crippen LogP) is 1.84. The highest BCUT2D eigenvalue weighted by Gasteiger charge is 2.24. The molecule has 3 heteroatoms. The fourth-order valence-electron chi connectivity index (χ4n) is 2.93. The minimum absolute atomic E-state index is 0.0586. The van der Waals surface area contributed by atoms with E-state index in [1.54, 1.807) is 0 Å². The quantitative estimate of drug-likeness (QED) is 0.898. The zero-order valence-corrected chi connectivity index (χ0v) is 12.0. The molecule has 0 saturated heterocycles. The number of hydrogen-bond donors (Lipinski definition) is 2. The Hall–Kier alpha value is -2.13. The minimum atomic E-state index is -0.490. The summed E-state index contributed by atoms with van der Waals surface area (Å²) < 4.78 is 0. The number of rotatable bonds is 4. The molecule has 1 aliphatic carbocycles. The maximum Gasteiger partial charge on any atom is 0.237 e. The molecule has 3 nitrogen and oxygen atoms in total. The Bertz CT molecular complexity index is 599. The Morgan fingerprint density at radius 2 is 1.62 bits per heavy atom. The fraction of sp³-hybridized carbons (Fsp3) is 0.278. The van der Waals surface area contributed by atoms with Crippen molar-refractivity contribution in [2.75, 3.05) is 0 Å². The van der Waals surface area contributed by atoms with Gasteiger partial charge in [0, 0.05) is 6.04 Å². The van der Waals surface area contributed by atoms with Crippen LogP contribution in [0.25, 0.3) is 0 Å². The van der Waals surface area contributed by atoms with Gasteiger partial charge >= 0.3 is 0 Å². The first-order chi connectivity index (χ1) is 10.2. The van der Waals surface area contributed by atoms with Gasteiger partial charge in [-0.2, -0.15) is 0 Å². The molecule has 3 N–H and O–H groups in total. The summed E-state index contributed by atoms with van der Waals surface area (Å²) in [5.41, 5.74) is 9.78. The summed E-state index contributed by atoms with van der Waals surface area (Å²) in [5, 5.41) is 3.08. The molecule has 0 radical (unpaired) electrons. The summed E-state index contributed by atoms with van der Waals surface area (Å²) in [6, 6.07) is 17.9. The summed E-state index contributed by atoms with van der Waals surface area (Å²) in [5.74, 6) is -0.0586. The first kappa shape index (κ1) is 13.8. The third-order valence-electron chi connectivity index (χ3n) is 4.03. The average molecular weight is 280 g/mol. The van der Waals surface area contributed by atoms with Crippen LogP contribution in [0.15, 0.2) is 54.6 Å². The number of carbonyl (C=O) groups is 1. The topological polar surface area (TPSA) is 55.1 Å². The maximum atomic E-state index is 12.2. The zero-order chi connectivity index (χ0) is 14.7. The van der Waals surface area contributed by atoms with Crippen molar-refractivity contribution in [3.05, 3.63) is 71.3 Å². The van der Waals surface area contributed by atoms with Crippen LogP contribution in [0.3, 0.4) is 0 Å². The Kier molecular flexibility index (Phi) is 4.02. The predicted molar refractivity (Wildman–Crippen MR) is 83.9 cm³/mol. The van der Waals surface area contributed by atoms with Crippen LogP contribution in [0, 0.1) is 0 Å². The van der Waals surface area contributed by atoms with Crippen LogP contribution in [0.1, 0.15) is 16.7 Å². The molecule has 0 unspecified atom stereocenters. The van der Waals surface area contributed by atoms with E-state index in [4.69, 9.17) is 5.73 Å². The van der Waals surface area contributed by atoms with E-state index in [1.165, 1.54) is 11.1 Å². The van der Waals surface area contributed by atoms with Gasteiger partial charge in [-0.15, -0.1) is 0 Å². The van der Waals surface area contributed by atoms with E-state index < -0.39 is 6.04 Å². The van der Waals surface area contributed by atoms with E-state index in [-0.39, 0.29) is 11.9 Å². The summed E-state index contributed by atoms with van der Waals surface area (Å²) >= 11 is 0. The second kappa shape index (κ2) is 6.10. The van der Waals surface area contributed by atoms with Crippen LogP contribution in [-0.2, 0) is 24.1 Å². The van der Waals surface area contributed by atoms with Crippen LogP contribution in [0.5, 0.6) is 0 Å². The number of benzene rings is 2. The largest absolute Gasteiger partial charge is 0.351 e. The Balaban J connectivity index is 1.55. The monoisotopic (exact) mass is 280 g/mol. The van der Waals surface area contributed by atoms with Crippen molar-refractivity contribution in [1.82, 2.24) is 5.32 Å². The molecule has 0 fully saturated rings. The van der Waals surface area contributed by atoms with Gasteiger partial charge in [-0.3, -0.25) is 4.79 Å². The molecule has 0 heterocycles. The number of carbonyl (C=O) groups excluding carboxylic acids is 1. The fourth-order valence-corrected chi connectivity index (χ4v) is 2.93. The molecular formula is C18H20N2O. The van der Waals surface area contributed by atoms with Crippen molar-refractivity contribution in [3.8, 4) is 0 Å². The van der Waals surface area contributed by atoms with Crippen LogP contribution < -0.4 is 11.1 Å². The van der Waals surface area contributed by atoms with Gasteiger partial charge in [0.1, 0.15) is 0 Å². The van der Waals surface area contributed by atoms with Gasteiger partial charge in [0.15, 0.2) is 0 Å². The Morgan fingerprint density at radius 3 is 2.24 bits per heavy atom. The van der Waals surface area contributed by atoms with Gasteiger partial charge in [0.05, 0.1) is 6.04 Å². The second-order valence-corrected chi connectivity index (χ2v) is 5.68. The van der Waals surface area contributed by atoms with E-state index in [9.17, 15) is 4.79 Å². The number of nitrogens with one attached hydrogen (secondary N) is 1. The third-order valence-corrected chi connectivity index (χ3v) is 4.03. The lowest BCUT2D eigenvalue weighted by atomic mass is 10.1. The summed E-state index contributed by atoms with van der Waals surface area (Å²) in [4.78, 5) is 12.2. The molecule has 1 atom stereocenters. The van der Waals surface area contributed by atoms with Gasteiger partial charge in [0.2, 0.25) is 5.91 Å². The minimum Gasteiger partial charge on any atom is -0.351 e. The van der Waals surface area contributed by atoms with Crippen molar-refractivity contribution in [1.29, 1.82) is 0 Å². The van der Waals surface area contributed by atoms with Crippen molar-refractivity contribution < 1.29 is 4.79 Å². The SMILES string of the molecule is N[C@@H](Cc1ccccc1)C(=O)NC1Cc2ccccc2C1. The van der Waals surface area contributed by atoms with E-state index in [0.29, 0.717) is 6.42 Å². The highest BCUT2D eigenvalue weighted by molar-refractivity contribution is 5.82. The molecule has 2 aromatic rings. The molecule has 21 heavy (non-hydrogen) atoms. The first-order valence-corrected chi connectivity index (χ1v) is 7.39. The third kappa shape index (κ3) is 3.31. The van der Waals surface area contributed by atoms with E-state index >= 15 is 0 Å². The van der Waals surface area contributed by atoms with Gasteiger partial charge in [-0.1, -0.05) is 54.6 Å². The van der Waals surface area contributed by atoms with Gasteiger partial charge in [-0.25, -0.2) is 0 Å². The zero-order valence-electron chi connectivity index (χ0n) is 12.0. The summed E-state index contributed by atoms with van der Waals surface area (Å²) in [6.45, 7) is 0. The molecule has 1 amide bonds. The Morgan fingerprint density at radius 1 is 1.05 bits per heavy atom. The van der Waals surface area contributed by atoms with Crippen molar-refractivity contribution >= 4 is 5.91 Å². The number of hydrogen-bond acceptors (Lipinski definition) is 2. The molecule has 0 aliphatic heterocycles. The smallest absolute Gasteiger partial charge is 0.237 e. The number of fused-ring (bicyclic) bond motifs is 1. The second-order valence-electron chi connectivity index (χ2n) is 5.68. The van der Waals surface area contributed by atoms with E-state index in [1.807, 2.05) is 42.5 Å². The van der Waals surface area contributed by atoms with Crippen LogP contribution in [-0.4, -0.2) is 18.0 Å². The highest BCUT2D eigenvalue weighted by Crippen LogP contribution is 2.21. The lowest BCUT2D eigenvalue weighted by Gasteiger charge is -2.16. The van der Waals surface area contributed by atoms with Gasteiger partial charge < -0.3 is 11.1 Å².